The molecule has 0 bridgehead atoms. The highest BCUT2D eigenvalue weighted by molar-refractivity contribution is 7.15. The predicted molar refractivity (Wildman–Crippen MR) is 65.3 cm³/mol. The van der Waals surface area contributed by atoms with Gasteiger partial charge in [0.1, 0.15) is 10.8 Å². The molecule has 0 amide bonds. The van der Waals surface area contributed by atoms with Crippen molar-refractivity contribution in [1.29, 1.82) is 0 Å². The number of ether oxygens (including phenoxy) is 1. The molecule has 0 unspecified atom stereocenters. The maximum Gasteiger partial charge on any atom is 0.207 e. The summed E-state index contributed by atoms with van der Waals surface area (Å²) in [4.78, 5) is 0. The first-order valence-electron chi connectivity index (χ1n) is 4.89. The van der Waals surface area contributed by atoms with Crippen LogP contribution in [0.5, 0.6) is 5.75 Å². The molecule has 3 nitrogen and oxygen atoms in total. The largest absolute Gasteiger partial charge is 0.497 e. The van der Waals surface area contributed by atoms with E-state index in [1.54, 1.807) is 7.11 Å². The lowest BCUT2D eigenvalue weighted by Crippen LogP contribution is -1.91. The number of rotatable bonds is 4. The van der Waals surface area contributed by atoms with Crippen LogP contribution in [-0.2, 0) is 12.8 Å². The standard InChI is InChI=1S/C11H11ClN2OS/c1-15-9-5-2-8(3-6-9)4-7-10-13-14-11(12)16-10/h2-3,5-6H,4,7H2,1H3. The molecule has 2 aromatic rings. The summed E-state index contributed by atoms with van der Waals surface area (Å²) in [6.07, 6.45) is 1.81. The Labute approximate surface area is 103 Å². The molecule has 1 aromatic heterocycles. The fourth-order valence-electron chi connectivity index (χ4n) is 1.38. The minimum Gasteiger partial charge on any atom is -0.497 e. The van der Waals surface area contributed by atoms with Gasteiger partial charge in [0.2, 0.25) is 4.47 Å². The number of benzene rings is 1. The van der Waals surface area contributed by atoms with Gasteiger partial charge >= 0.3 is 0 Å². The van der Waals surface area contributed by atoms with E-state index in [0.29, 0.717) is 4.47 Å². The predicted octanol–water partition coefficient (Wildman–Crippen LogP) is 2.99. The second kappa shape index (κ2) is 5.27. The number of aromatic nitrogens is 2. The van der Waals surface area contributed by atoms with Crippen LogP contribution in [0.1, 0.15) is 10.6 Å². The molecular weight excluding hydrogens is 244 g/mol. The molecule has 2 rings (SSSR count). The molecule has 1 aromatic carbocycles. The van der Waals surface area contributed by atoms with Crippen LogP contribution in [0.15, 0.2) is 24.3 Å². The van der Waals surface area contributed by atoms with Crippen LogP contribution in [0.4, 0.5) is 0 Å². The van der Waals surface area contributed by atoms with Crippen molar-refractivity contribution in [2.75, 3.05) is 7.11 Å². The minimum absolute atomic E-state index is 0.504. The summed E-state index contributed by atoms with van der Waals surface area (Å²) >= 11 is 7.14. The van der Waals surface area contributed by atoms with Gasteiger partial charge in [-0.05, 0) is 35.7 Å². The summed E-state index contributed by atoms with van der Waals surface area (Å²) in [5.74, 6) is 0.878. The molecule has 0 fully saturated rings. The first-order chi connectivity index (χ1) is 7.78. The zero-order valence-corrected chi connectivity index (χ0v) is 10.4. The van der Waals surface area contributed by atoms with Gasteiger partial charge in [-0.2, -0.15) is 0 Å². The van der Waals surface area contributed by atoms with E-state index in [4.69, 9.17) is 16.3 Å². The van der Waals surface area contributed by atoms with Crippen LogP contribution in [0.2, 0.25) is 4.47 Å². The topological polar surface area (TPSA) is 35.0 Å². The molecule has 0 aliphatic heterocycles. The molecule has 0 radical (unpaired) electrons. The first-order valence-corrected chi connectivity index (χ1v) is 6.08. The Morgan fingerprint density at radius 2 is 1.94 bits per heavy atom. The number of hydrogen-bond donors (Lipinski definition) is 0. The Morgan fingerprint density at radius 1 is 1.19 bits per heavy atom. The zero-order valence-electron chi connectivity index (χ0n) is 8.81. The maximum atomic E-state index is 5.71. The summed E-state index contributed by atoms with van der Waals surface area (Å²) in [6, 6.07) is 8.04. The smallest absolute Gasteiger partial charge is 0.207 e. The van der Waals surface area contributed by atoms with E-state index in [0.717, 1.165) is 23.6 Å². The van der Waals surface area contributed by atoms with Crippen LogP contribution in [0.25, 0.3) is 0 Å². The van der Waals surface area contributed by atoms with Crippen molar-refractivity contribution in [3.8, 4) is 5.75 Å². The molecule has 16 heavy (non-hydrogen) atoms. The monoisotopic (exact) mass is 254 g/mol. The Morgan fingerprint density at radius 3 is 2.50 bits per heavy atom. The van der Waals surface area contributed by atoms with Gasteiger partial charge in [-0.15, -0.1) is 10.2 Å². The van der Waals surface area contributed by atoms with Crippen molar-refractivity contribution >= 4 is 22.9 Å². The summed E-state index contributed by atoms with van der Waals surface area (Å²) in [6.45, 7) is 0. The van der Waals surface area contributed by atoms with Gasteiger partial charge in [0, 0.05) is 6.42 Å². The molecule has 0 atom stereocenters. The third-order valence-electron chi connectivity index (χ3n) is 2.23. The van der Waals surface area contributed by atoms with Gasteiger partial charge in [-0.3, -0.25) is 0 Å². The third kappa shape index (κ3) is 2.93. The average Bonchev–Trinajstić information content (AvgIpc) is 2.73. The highest BCUT2D eigenvalue weighted by Gasteiger charge is 2.02. The summed E-state index contributed by atoms with van der Waals surface area (Å²) in [5, 5.41) is 8.72. The van der Waals surface area contributed by atoms with E-state index < -0.39 is 0 Å². The van der Waals surface area contributed by atoms with Crippen molar-refractivity contribution in [1.82, 2.24) is 10.2 Å². The molecule has 1 heterocycles. The molecule has 84 valence electrons. The van der Waals surface area contributed by atoms with E-state index >= 15 is 0 Å². The van der Waals surface area contributed by atoms with Gasteiger partial charge in [0.25, 0.3) is 0 Å². The highest BCUT2D eigenvalue weighted by atomic mass is 35.5. The highest BCUT2D eigenvalue weighted by Crippen LogP contribution is 2.17. The van der Waals surface area contributed by atoms with Crippen LogP contribution in [0, 0.1) is 0 Å². The zero-order chi connectivity index (χ0) is 11.4. The molecular formula is C11H11ClN2OS. The van der Waals surface area contributed by atoms with Crippen molar-refractivity contribution in [2.45, 2.75) is 12.8 Å². The van der Waals surface area contributed by atoms with E-state index in [9.17, 15) is 0 Å². The lowest BCUT2D eigenvalue weighted by Gasteiger charge is -2.01. The molecule has 0 saturated carbocycles. The van der Waals surface area contributed by atoms with Crippen LogP contribution in [-0.4, -0.2) is 17.3 Å². The van der Waals surface area contributed by atoms with Gasteiger partial charge in [-0.25, -0.2) is 0 Å². The number of aryl methyl sites for hydroxylation is 2. The molecule has 0 saturated heterocycles. The van der Waals surface area contributed by atoms with Crippen LogP contribution in [0.3, 0.4) is 0 Å². The first kappa shape index (κ1) is 11.4. The Hall–Kier alpha value is -1.13. The Balaban J connectivity index is 1.94. The Bertz CT molecular complexity index is 455. The van der Waals surface area contributed by atoms with Gasteiger partial charge in [-0.1, -0.05) is 23.5 Å². The SMILES string of the molecule is COc1ccc(CCc2nnc(Cl)s2)cc1. The lowest BCUT2D eigenvalue weighted by atomic mass is 10.1. The van der Waals surface area contributed by atoms with E-state index in [-0.39, 0.29) is 0 Å². The van der Waals surface area contributed by atoms with Crippen molar-refractivity contribution in [2.24, 2.45) is 0 Å². The maximum absolute atomic E-state index is 5.71. The second-order valence-electron chi connectivity index (χ2n) is 3.30. The number of nitrogens with zero attached hydrogens (tertiary/aromatic N) is 2. The van der Waals surface area contributed by atoms with E-state index in [1.165, 1.54) is 16.9 Å². The average molecular weight is 255 g/mol. The number of halogens is 1. The van der Waals surface area contributed by atoms with Crippen molar-refractivity contribution < 1.29 is 4.74 Å². The number of hydrogen-bond acceptors (Lipinski definition) is 4. The summed E-state index contributed by atoms with van der Waals surface area (Å²) in [5.41, 5.74) is 1.26. The fourth-order valence-corrected chi connectivity index (χ4v) is 2.24. The quantitative estimate of drug-likeness (QED) is 0.841. The molecule has 0 N–H and O–H groups in total. The molecule has 0 aliphatic carbocycles. The number of methoxy groups -OCH3 is 1. The normalized spacial score (nSPS) is 10.4. The van der Waals surface area contributed by atoms with Crippen LogP contribution < -0.4 is 4.74 Å². The van der Waals surface area contributed by atoms with Crippen molar-refractivity contribution in [3.63, 3.8) is 0 Å². The molecule has 5 heteroatoms. The minimum atomic E-state index is 0.504. The van der Waals surface area contributed by atoms with Gasteiger partial charge in [0.05, 0.1) is 7.11 Å². The third-order valence-corrected chi connectivity index (χ3v) is 3.31. The molecule has 0 spiro atoms. The second-order valence-corrected chi connectivity index (χ2v) is 4.94. The van der Waals surface area contributed by atoms with Crippen LogP contribution >= 0.6 is 22.9 Å². The van der Waals surface area contributed by atoms with E-state index in [1.807, 2.05) is 12.1 Å². The fraction of sp³-hybridized carbons (Fsp3) is 0.273. The van der Waals surface area contributed by atoms with Gasteiger partial charge < -0.3 is 4.74 Å². The lowest BCUT2D eigenvalue weighted by molar-refractivity contribution is 0.414. The summed E-state index contributed by atoms with van der Waals surface area (Å²) in [7, 11) is 1.66. The Kier molecular flexibility index (Phi) is 3.74. The van der Waals surface area contributed by atoms with Crippen molar-refractivity contribution in [3.05, 3.63) is 39.3 Å². The molecule has 0 aliphatic rings. The summed E-state index contributed by atoms with van der Waals surface area (Å²) < 4.78 is 5.60. The van der Waals surface area contributed by atoms with Gasteiger partial charge in [0.15, 0.2) is 0 Å². The van der Waals surface area contributed by atoms with E-state index in [2.05, 4.69) is 22.3 Å².